The Morgan fingerprint density at radius 2 is 2.18 bits per heavy atom. The SMILES string of the molecule is CC(C)(C)[S@@](=O)Cc1cccc(NC(=O)N2CC[C@@H](O)C2)c1. The first-order chi connectivity index (χ1) is 10.3. The molecule has 2 N–H and O–H groups in total. The van der Waals surface area contributed by atoms with Gasteiger partial charge in [-0.3, -0.25) is 4.21 Å². The van der Waals surface area contributed by atoms with Gasteiger partial charge in [-0.1, -0.05) is 12.1 Å². The van der Waals surface area contributed by atoms with E-state index in [4.69, 9.17) is 0 Å². The molecule has 1 aromatic carbocycles. The molecule has 22 heavy (non-hydrogen) atoms. The van der Waals surface area contributed by atoms with Crippen LogP contribution in [0.3, 0.4) is 0 Å². The fraction of sp³-hybridized carbons (Fsp3) is 0.562. The van der Waals surface area contributed by atoms with Gasteiger partial charge in [0.2, 0.25) is 0 Å². The fourth-order valence-electron chi connectivity index (χ4n) is 2.24. The molecule has 1 saturated heterocycles. The number of likely N-dealkylation sites (tertiary alicyclic amines) is 1. The number of aliphatic hydroxyl groups excluding tert-OH is 1. The van der Waals surface area contributed by atoms with Gasteiger partial charge < -0.3 is 15.3 Å². The van der Waals surface area contributed by atoms with Crippen LogP contribution in [0.25, 0.3) is 0 Å². The van der Waals surface area contributed by atoms with Crippen LogP contribution in [0.1, 0.15) is 32.8 Å². The molecule has 2 amide bonds. The monoisotopic (exact) mass is 324 g/mol. The highest BCUT2D eigenvalue weighted by Gasteiger charge is 2.24. The summed E-state index contributed by atoms with van der Waals surface area (Å²) in [5.41, 5.74) is 1.63. The van der Waals surface area contributed by atoms with E-state index < -0.39 is 16.9 Å². The smallest absolute Gasteiger partial charge is 0.321 e. The van der Waals surface area contributed by atoms with Crippen molar-refractivity contribution in [2.45, 2.75) is 43.8 Å². The second-order valence-electron chi connectivity index (χ2n) is 6.62. The first-order valence-corrected chi connectivity index (χ1v) is 8.79. The molecular formula is C16H24N2O3S. The molecule has 0 aromatic heterocycles. The number of anilines is 1. The molecule has 0 bridgehead atoms. The van der Waals surface area contributed by atoms with Crippen molar-refractivity contribution in [3.8, 4) is 0 Å². The van der Waals surface area contributed by atoms with Crippen molar-refractivity contribution in [2.24, 2.45) is 0 Å². The van der Waals surface area contributed by atoms with Gasteiger partial charge in [0.1, 0.15) is 0 Å². The van der Waals surface area contributed by atoms with Crippen LogP contribution in [-0.4, -0.2) is 44.2 Å². The lowest BCUT2D eigenvalue weighted by Gasteiger charge is -2.19. The molecule has 1 aromatic rings. The van der Waals surface area contributed by atoms with Crippen molar-refractivity contribution in [1.29, 1.82) is 0 Å². The van der Waals surface area contributed by atoms with E-state index in [-0.39, 0.29) is 10.8 Å². The standard InChI is InChI=1S/C16H24N2O3S/c1-16(2,3)22(21)11-12-5-4-6-13(9-12)17-15(20)18-8-7-14(19)10-18/h4-6,9,14,19H,7-8,10-11H2,1-3H3,(H,17,20)/t14-,22+/m1/s1. The molecule has 1 aliphatic heterocycles. The van der Waals surface area contributed by atoms with Gasteiger partial charge >= 0.3 is 6.03 Å². The van der Waals surface area contributed by atoms with Gasteiger partial charge in [0, 0.05) is 40.1 Å². The normalized spacial score (nSPS) is 20.0. The van der Waals surface area contributed by atoms with Crippen molar-refractivity contribution in [3.05, 3.63) is 29.8 Å². The van der Waals surface area contributed by atoms with Crippen molar-refractivity contribution in [2.75, 3.05) is 18.4 Å². The third-order valence-corrected chi connectivity index (χ3v) is 5.57. The molecular weight excluding hydrogens is 300 g/mol. The summed E-state index contributed by atoms with van der Waals surface area (Å²) in [5, 5.41) is 12.3. The van der Waals surface area contributed by atoms with E-state index in [2.05, 4.69) is 5.32 Å². The summed E-state index contributed by atoms with van der Waals surface area (Å²) in [6, 6.07) is 7.23. The van der Waals surface area contributed by atoms with E-state index in [1.54, 1.807) is 4.90 Å². The van der Waals surface area contributed by atoms with Gasteiger partial charge in [0.25, 0.3) is 0 Å². The molecule has 1 aliphatic rings. The quantitative estimate of drug-likeness (QED) is 0.896. The predicted octanol–water partition coefficient (Wildman–Crippen LogP) is 2.33. The molecule has 5 nitrogen and oxygen atoms in total. The number of benzene rings is 1. The lowest BCUT2D eigenvalue weighted by atomic mass is 10.2. The van der Waals surface area contributed by atoms with E-state index in [1.165, 1.54) is 0 Å². The summed E-state index contributed by atoms with van der Waals surface area (Å²) in [5.74, 6) is 0.468. The zero-order valence-electron chi connectivity index (χ0n) is 13.3. The van der Waals surface area contributed by atoms with E-state index >= 15 is 0 Å². The van der Waals surface area contributed by atoms with E-state index in [0.29, 0.717) is 31.0 Å². The number of amides is 2. The van der Waals surface area contributed by atoms with E-state index in [0.717, 1.165) is 5.56 Å². The Kier molecular flexibility index (Phi) is 5.24. The molecule has 1 fully saturated rings. The molecule has 0 radical (unpaired) electrons. The van der Waals surface area contributed by atoms with Crippen LogP contribution in [0, 0.1) is 0 Å². The molecule has 0 unspecified atom stereocenters. The number of urea groups is 1. The average Bonchev–Trinajstić information content (AvgIpc) is 2.85. The maximum absolute atomic E-state index is 12.2. The minimum absolute atomic E-state index is 0.203. The summed E-state index contributed by atoms with van der Waals surface area (Å²) >= 11 is 0. The maximum atomic E-state index is 12.2. The second-order valence-corrected chi connectivity index (χ2v) is 8.83. The van der Waals surface area contributed by atoms with Crippen LogP contribution in [0.4, 0.5) is 10.5 Å². The number of nitrogens with zero attached hydrogens (tertiary/aromatic N) is 1. The highest BCUT2D eigenvalue weighted by atomic mass is 32.2. The molecule has 122 valence electrons. The number of nitrogens with one attached hydrogen (secondary N) is 1. The van der Waals surface area contributed by atoms with Crippen LogP contribution < -0.4 is 5.32 Å². The van der Waals surface area contributed by atoms with E-state index in [1.807, 2.05) is 45.0 Å². The Balaban J connectivity index is 1.99. The summed E-state index contributed by atoms with van der Waals surface area (Å²) in [6.45, 7) is 6.80. The number of carbonyl (C=O) groups is 1. The minimum Gasteiger partial charge on any atom is -0.391 e. The highest BCUT2D eigenvalue weighted by Crippen LogP contribution is 2.19. The third-order valence-electron chi connectivity index (χ3n) is 3.61. The first kappa shape index (κ1) is 17.0. The average molecular weight is 324 g/mol. The van der Waals surface area contributed by atoms with Crippen molar-refractivity contribution >= 4 is 22.5 Å². The lowest BCUT2D eigenvalue weighted by Crippen LogP contribution is -2.33. The number of aliphatic hydroxyl groups is 1. The highest BCUT2D eigenvalue weighted by molar-refractivity contribution is 7.85. The van der Waals surface area contributed by atoms with Gasteiger partial charge in [0.15, 0.2) is 0 Å². The van der Waals surface area contributed by atoms with Crippen molar-refractivity contribution < 1.29 is 14.1 Å². The summed E-state index contributed by atoms with van der Waals surface area (Å²) in [4.78, 5) is 13.7. The minimum atomic E-state index is -0.972. The number of hydrogen-bond acceptors (Lipinski definition) is 3. The largest absolute Gasteiger partial charge is 0.391 e. The Morgan fingerprint density at radius 1 is 1.45 bits per heavy atom. The van der Waals surface area contributed by atoms with Gasteiger partial charge in [-0.25, -0.2) is 4.79 Å². The summed E-state index contributed by atoms with van der Waals surface area (Å²) in [6.07, 6.45) is 0.198. The Morgan fingerprint density at radius 3 is 2.77 bits per heavy atom. The van der Waals surface area contributed by atoms with Crippen LogP contribution in [0.15, 0.2) is 24.3 Å². The van der Waals surface area contributed by atoms with Gasteiger partial charge in [-0.2, -0.15) is 0 Å². The molecule has 2 atom stereocenters. The van der Waals surface area contributed by atoms with E-state index in [9.17, 15) is 14.1 Å². The van der Waals surface area contributed by atoms with Crippen LogP contribution in [0.5, 0.6) is 0 Å². The molecule has 0 aliphatic carbocycles. The van der Waals surface area contributed by atoms with Gasteiger partial charge in [-0.05, 0) is 44.9 Å². The zero-order valence-corrected chi connectivity index (χ0v) is 14.2. The molecule has 0 saturated carbocycles. The zero-order chi connectivity index (χ0) is 16.3. The number of hydrogen-bond donors (Lipinski definition) is 2. The third kappa shape index (κ3) is 4.55. The Hall–Kier alpha value is -1.40. The van der Waals surface area contributed by atoms with Crippen molar-refractivity contribution in [1.82, 2.24) is 4.90 Å². The van der Waals surface area contributed by atoms with Crippen LogP contribution >= 0.6 is 0 Å². The number of rotatable bonds is 3. The lowest BCUT2D eigenvalue weighted by molar-refractivity contribution is 0.176. The Labute approximate surface area is 134 Å². The van der Waals surface area contributed by atoms with Crippen molar-refractivity contribution in [3.63, 3.8) is 0 Å². The number of carbonyl (C=O) groups excluding carboxylic acids is 1. The predicted molar refractivity (Wildman–Crippen MR) is 89.3 cm³/mol. The molecule has 2 rings (SSSR count). The van der Waals surface area contributed by atoms with Gasteiger partial charge in [0.05, 0.1) is 6.10 Å². The molecule has 1 heterocycles. The number of β-amino-alcohol motifs (C(OH)–C–C–N with tert-alkyl or cyclic N) is 1. The summed E-state index contributed by atoms with van der Waals surface area (Å²) < 4.78 is 11.9. The molecule has 0 spiro atoms. The second kappa shape index (κ2) is 6.79. The maximum Gasteiger partial charge on any atom is 0.321 e. The summed E-state index contributed by atoms with van der Waals surface area (Å²) in [7, 11) is -0.972. The Bertz CT molecular complexity index is 569. The molecule has 6 heteroatoms. The first-order valence-electron chi connectivity index (χ1n) is 7.47. The fourth-order valence-corrected chi connectivity index (χ4v) is 3.15. The topological polar surface area (TPSA) is 69.6 Å². The van der Waals surface area contributed by atoms with Crippen LogP contribution in [-0.2, 0) is 16.6 Å². The van der Waals surface area contributed by atoms with Crippen LogP contribution in [0.2, 0.25) is 0 Å². The van der Waals surface area contributed by atoms with Gasteiger partial charge in [-0.15, -0.1) is 0 Å².